The molecule has 0 amide bonds. The van der Waals surface area contributed by atoms with Crippen LogP contribution in [0.25, 0.3) is 0 Å². The van der Waals surface area contributed by atoms with E-state index in [2.05, 4.69) is 19.1 Å². The van der Waals surface area contributed by atoms with Crippen LogP contribution in [0.5, 0.6) is 0 Å². The second-order valence-corrected chi connectivity index (χ2v) is 4.86. The molecule has 0 saturated carbocycles. The third kappa shape index (κ3) is 15.2. The highest BCUT2D eigenvalue weighted by Crippen LogP contribution is 2.06. The number of ether oxygens (including phenoxy) is 1. The summed E-state index contributed by atoms with van der Waals surface area (Å²) in [5, 5.41) is 0. The summed E-state index contributed by atoms with van der Waals surface area (Å²) >= 11 is 0. The third-order valence-electron chi connectivity index (χ3n) is 2.96. The molecule has 0 aromatic heterocycles. The van der Waals surface area contributed by atoms with Gasteiger partial charge in [-0.2, -0.15) is 0 Å². The monoisotopic (exact) mass is 254 g/mol. The van der Waals surface area contributed by atoms with E-state index in [1.54, 1.807) is 0 Å². The minimum absolute atomic E-state index is 0.169. The van der Waals surface area contributed by atoms with E-state index in [0.29, 0.717) is 6.61 Å². The summed E-state index contributed by atoms with van der Waals surface area (Å²) < 4.78 is 4.88. The van der Waals surface area contributed by atoms with Crippen molar-refractivity contribution in [2.45, 2.75) is 78.1 Å². The Kier molecular flexibility index (Phi) is 13.6. The minimum atomic E-state index is -0.169. The average molecular weight is 254 g/mol. The van der Waals surface area contributed by atoms with Gasteiger partial charge >= 0.3 is 5.97 Å². The number of allylic oxidation sites excluding steroid dienone is 2. The minimum Gasteiger partial charge on any atom is -0.466 e. The first-order valence-electron chi connectivity index (χ1n) is 7.55. The lowest BCUT2D eigenvalue weighted by atomic mass is 10.1. The standard InChI is InChI=1S/C16H30O2/c1-3-4-5-6-7-8-9-10-11-12-13-14-15-18-16(2)17/h9-10H,3-8,11-15H2,1-2H3. The third-order valence-corrected chi connectivity index (χ3v) is 2.96. The van der Waals surface area contributed by atoms with Crippen molar-refractivity contribution in [3.05, 3.63) is 12.2 Å². The molecule has 0 aromatic carbocycles. The highest BCUT2D eigenvalue weighted by Gasteiger charge is 1.92. The van der Waals surface area contributed by atoms with Gasteiger partial charge in [-0.1, -0.05) is 44.8 Å². The van der Waals surface area contributed by atoms with Crippen molar-refractivity contribution in [3.63, 3.8) is 0 Å². The zero-order valence-corrected chi connectivity index (χ0v) is 12.2. The molecule has 0 unspecified atom stereocenters. The number of unbranched alkanes of at least 4 members (excludes halogenated alkanes) is 8. The zero-order chi connectivity index (χ0) is 13.5. The lowest BCUT2D eigenvalue weighted by molar-refractivity contribution is -0.141. The van der Waals surface area contributed by atoms with E-state index < -0.39 is 0 Å². The second kappa shape index (κ2) is 14.3. The van der Waals surface area contributed by atoms with Gasteiger partial charge in [0.1, 0.15) is 0 Å². The Bertz CT molecular complexity index is 209. The number of esters is 1. The molecular weight excluding hydrogens is 224 g/mol. The van der Waals surface area contributed by atoms with Gasteiger partial charge in [0.15, 0.2) is 0 Å². The summed E-state index contributed by atoms with van der Waals surface area (Å²) in [5.74, 6) is -0.169. The average Bonchev–Trinajstić information content (AvgIpc) is 2.34. The van der Waals surface area contributed by atoms with Crippen LogP contribution in [-0.2, 0) is 9.53 Å². The van der Waals surface area contributed by atoms with Crippen LogP contribution in [0.15, 0.2) is 12.2 Å². The molecule has 0 aromatic rings. The largest absolute Gasteiger partial charge is 0.466 e. The van der Waals surface area contributed by atoms with Crippen LogP contribution in [0.2, 0.25) is 0 Å². The van der Waals surface area contributed by atoms with Gasteiger partial charge in [0, 0.05) is 6.92 Å². The van der Waals surface area contributed by atoms with Crippen molar-refractivity contribution in [1.29, 1.82) is 0 Å². The predicted octanol–water partition coefficient (Wildman–Crippen LogP) is 5.03. The Labute approximate surface area is 113 Å². The number of carbonyl (C=O) groups excluding carboxylic acids is 1. The number of rotatable bonds is 12. The van der Waals surface area contributed by atoms with E-state index in [0.717, 1.165) is 19.3 Å². The topological polar surface area (TPSA) is 26.3 Å². The molecule has 0 rings (SSSR count). The van der Waals surface area contributed by atoms with E-state index in [1.807, 2.05) is 0 Å². The molecule has 0 radical (unpaired) electrons. The molecule has 0 aliphatic carbocycles. The molecule has 0 atom stereocenters. The van der Waals surface area contributed by atoms with Gasteiger partial charge in [0.25, 0.3) is 0 Å². The molecule has 18 heavy (non-hydrogen) atoms. The van der Waals surface area contributed by atoms with Crippen LogP contribution in [0.1, 0.15) is 78.1 Å². The van der Waals surface area contributed by atoms with Crippen LogP contribution >= 0.6 is 0 Å². The van der Waals surface area contributed by atoms with Crippen LogP contribution < -0.4 is 0 Å². The van der Waals surface area contributed by atoms with E-state index in [1.165, 1.54) is 51.9 Å². The van der Waals surface area contributed by atoms with Crippen molar-refractivity contribution in [1.82, 2.24) is 0 Å². The second-order valence-electron chi connectivity index (χ2n) is 4.86. The first-order valence-corrected chi connectivity index (χ1v) is 7.55. The molecule has 0 spiro atoms. The van der Waals surface area contributed by atoms with E-state index in [4.69, 9.17) is 4.74 Å². The molecule has 0 aliphatic rings. The summed E-state index contributed by atoms with van der Waals surface area (Å²) in [6.07, 6.45) is 17.2. The van der Waals surface area contributed by atoms with Gasteiger partial charge in [0.05, 0.1) is 6.61 Å². The molecule has 0 saturated heterocycles. The number of carbonyl (C=O) groups is 1. The number of hydrogen-bond donors (Lipinski definition) is 0. The highest BCUT2D eigenvalue weighted by atomic mass is 16.5. The quantitative estimate of drug-likeness (QED) is 0.277. The summed E-state index contributed by atoms with van der Waals surface area (Å²) in [6.45, 7) is 4.29. The van der Waals surface area contributed by atoms with E-state index in [-0.39, 0.29) is 5.97 Å². The predicted molar refractivity (Wildman–Crippen MR) is 77.6 cm³/mol. The first-order chi connectivity index (χ1) is 8.77. The van der Waals surface area contributed by atoms with Crippen molar-refractivity contribution >= 4 is 5.97 Å². The zero-order valence-electron chi connectivity index (χ0n) is 12.2. The molecular formula is C16H30O2. The Hall–Kier alpha value is -0.790. The summed E-state index contributed by atoms with van der Waals surface area (Å²) in [4.78, 5) is 10.5. The fourth-order valence-corrected chi connectivity index (χ4v) is 1.86. The lowest BCUT2D eigenvalue weighted by Gasteiger charge is -2.00. The Morgan fingerprint density at radius 3 is 2.00 bits per heavy atom. The first kappa shape index (κ1) is 17.2. The van der Waals surface area contributed by atoms with E-state index >= 15 is 0 Å². The van der Waals surface area contributed by atoms with Gasteiger partial charge in [-0.15, -0.1) is 0 Å². The van der Waals surface area contributed by atoms with Crippen LogP contribution in [-0.4, -0.2) is 12.6 Å². The van der Waals surface area contributed by atoms with Gasteiger partial charge < -0.3 is 4.74 Å². The molecule has 2 nitrogen and oxygen atoms in total. The van der Waals surface area contributed by atoms with Crippen LogP contribution in [0.4, 0.5) is 0 Å². The van der Waals surface area contributed by atoms with Crippen molar-refractivity contribution in [2.75, 3.05) is 6.61 Å². The summed E-state index contributed by atoms with van der Waals surface area (Å²) in [6, 6.07) is 0. The smallest absolute Gasteiger partial charge is 0.302 e. The molecule has 0 heterocycles. The highest BCUT2D eigenvalue weighted by molar-refractivity contribution is 5.65. The molecule has 0 fully saturated rings. The van der Waals surface area contributed by atoms with Gasteiger partial charge in [-0.3, -0.25) is 4.79 Å². The molecule has 0 aliphatic heterocycles. The van der Waals surface area contributed by atoms with Crippen LogP contribution in [0, 0.1) is 0 Å². The molecule has 106 valence electrons. The van der Waals surface area contributed by atoms with Crippen molar-refractivity contribution < 1.29 is 9.53 Å². The van der Waals surface area contributed by atoms with Crippen molar-refractivity contribution in [3.8, 4) is 0 Å². The van der Waals surface area contributed by atoms with E-state index in [9.17, 15) is 4.79 Å². The maximum atomic E-state index is 10.5. The lowest BCUT2D eigenvalue weighted by Crippen LogP contribution is -1.99. The SMILES string of the molecule is CCCCCCCC=CCCCCCOC(C)=O. The van der Waals surface area contributed by atoms with Crippen molar-refractivity contribution in [2.24, 2.45) is 0 Å². The normalized spacial score (nSPS) is 11.0. The Morgan fingerprint density at radius 2 is 1.44 bits per heavy atom. The Morgan fingerprint density at radius 1 is 0.889 bits per heavy atom. The van der Waals surface area contributed by atoms with Gasteiger partial charge in [0.2, 0.25) is 0 Å². The van der Waals surface area contributed by atoms with Gasteiger partial charge in [-0.25, -0.2) is 0 Å². The fraction of sp³-hybridized carbons (Fsp3) is 0.812. The van der Waals surface area contributed by atoms with Gasteiger partial charge in [-0.05, 0) is 38.5 Å². The van der Waals surface area contributed by atoms with Crippen LogP contribution in [0.3, 0.4) is 0 Å². The Balaban J connectivity index is 3.06. The summed E-state index contributed by atoms with van der Waals surface area (Å²) in [5.41, 5.74) is 0. The maximum Gasteiger partial charge on any atom is 0.302 e. The molecule has 0 N–H and O–H groups in total. The number of hydrogen-bond acceptors (Lipinski definition) is 2. The molecule has 2 heteroatoms. The summed E-state index contributed by atoms with van der Waals surface area (Å²) in [7, 11) is 0. The fourth-order valence-electron chi connectivity index (χ4n) is 1.86. The maximum absolute atomic E-state index is 10.5. The molecule has 0 bridgehead atoms.